The number of amides is 1. The maximum Gasteiger partial charge on any atom is 0.274 e. The van der Waals surface area contributed by atoms with E-state index in [4.69, 9.17) is 14.7 Å². The molecule has 8 heteroatoms. The summed E-state index contributed by atoms with van der Waals surface area (Å²) in [7, 11) is 0. The summed E-state index contributed by atoms with van der Waals surface area (Å²) in [4.78, 5) is 21.2. The zero-order chi connectivity index (χ0) is 20.2. The summed E-state index contributed by atoms with van der Waals surface area (Å²) in [5, 5.41) is 14.8. The number of carbonyl (C=O) groups is 1. The lowest BCUT2D eigenvalue weighted by Crippen LogP contribution is -2.17. The van der Waals surface area contributed by atoms with Crippen molar-refractivity contribution in [2.24, 2.45) is 0 Å². The van der Waals surface area contributed by atoms with Crippen molar-refractivity contribution in [1.82, 2.24) is 9.97 Å². The minimum absolute atomic E-state index is 0.225. The van der Waals surface area contributed by atoms with Crippen LogP contribution in [0.2, 0.25) is 0 Å². The predicted molar refractivity (Wildman–Crippen MR) is 107 cm³/mol. The van der Waals surface area contributed by atoms with Gasteiger partial charge in [0.25, 0.3) is 5.91 Å². The standard InChI is InChI=1S/C21H17N5O3/c1-13-23-17(11-20(24-13)25-15-4-2-14(12-22)3-5-15)21(27)26-16-6-7-18-19(10-16)29-9-8-28-18/h2-7,10-11H,8-9H2,1H3,(H,26,27)(H,23,24,25). The molecule has 29 heavy (non-hydrogen) atoms. The Kier molecular flexibility index (Phi) is 4.95. The Morgan fingerprint density at radius 1 is 1.00 bits per heavy atom. The molecule has 0 spiro atoms. The van der Waals surface area contributed by atoms with E-state index >= 15 is 0 Å². The second-order valence-corrected chi connectivity index (χ2v) is 6.31. The first-order valence-electron chi connectivity index (χ1n) is 8.94. The second kappa shape index (κ2) is 7.86. The van der Waals surface area contributed by atoms with Crippen LogP contribution in [-0.2, 0) is 0 Å². The monoisotopic (exact) mass is 387 g/mol. The molecule has 2 N–H and O–H groups in total. The lowest BCUT2D eigenvalue weighted by Gasteiger charge is -2.19. The topological polar surface area (TPSA) is 109 Å². The lowest BCUT2D eigenvalue weighted by molar-refractivity contribution is 0.102. The Hall–Kier alpha value is -4.12. The zero-order valence-corrected chi connectivity index (χ0v) is 15.6. The molecule has 1 aliphatic rings. The largest absolute Gasteiger partial charge is 0.486 e. The SMILES string of the molecule is Cc1nc(Nc2ccc(C#N)cc2)cc(C(=O)Nc2ccc3c(c2)OCCO3)n1. The molecule has 0 saturated heterocycles. The molecule has 0 atom stereocenters. The van der Waals surface area contributed by atoms with Crippen molar-refractivity contribution in [1.29, 1.82) is 5.26 Å². The summed E-state index contributed by atoms with van der Waals surface area (Å²) in [6, 6.07) is 15.8. The molecule has 144 valence electrons. The van der Waals surface area contributed by atoms with Crippen molar-refractivity contribution < 1.29 is 14.3 Å². The summed E-state index contributed by atoms with van der Waals surface area (Å²) in [6.45, 7) is 2.69. The van der Waals surface area contributed by atoms with Crippen LogP contribution < -0.4 is 20.1 Å². The third kappa shape index (κ3) is 4.25. The highest BCUT2D eigenvalue weighted by molar-refractivity contribution is 6.03. The van der Waals surface area contributed by atoms with Gasteiger partial charge in [0.2, 0.25) is 0 Å². The Morgan fingerprint density at radius 2 is 1.72 bits per heavy atom. The maximum absolute atomic E-state index is 12.7. The fourth-order valence-electron chi connectivity index (χ4n) is 2.84. The number of fused-ring (bicyclic) bond motifs is 1. The van der Waals surface area contributed by atoms with Gasteiger partial charge in [0.05, 0.1) is 11.6 Å². The summed E-state index contributed by atoms with van der Waals surface area (Å²) >= 11 is 0. The maximum atomic E-state index is 12.7. The van der Waals surface area contributed by atoms with Crippen molar-refractivity contribution in [2.75, 3.05) is 23.8 Å². The Labute approximate surface area is 167 Å². The number of nitriles is 1. The van der Waals surface area contributed by atoms with E-state index < -0.39 is 0 Å². The molecular formula is C21H17N5O3. The number of nitrogens with one attached hydrogen (secondary N) is 2. The number of aryl methyl sites for hydroxylation is 1. The minimum atomic E-state index is -0.366. The van der Waals surface area contributed by atoms with E-state index in [1.165, 1.54) is 0 Å². The molecule has 2 aromatic carbocycles. The van der Waals surface area contributed by atoms with Crippen molar-refractivity contribution in [2.45, 2.75) is 6.92 Å². The lowest BCUT2D eigenvalue weighted by atomic mass is 10.2. The van der Waals surface area contributed by atoms with Gasteiger partial charge in [0, 0.05) is 23.5 Å². The molecule has 0 aliphatic carbocycles. The number of benzene rings is 2. The average molecular weight is 387 g/mol. The van der Waals surface area contributed by atoms with Gasteiger partial charge in [0.1, 0.15) is 30.5 Å². The first-order chi connectivity index (χ1) is 14.1. The van der Waals surface area contributed by atoms with Gasteiger partial charge in [-0.2, -0.15) is 5.26 Å². The van der Waals surface area contributed by atoms with Gasteiger partial charge in [-0.05, 0) is 43.3 Å². The van der Waals surface area contributed by atoms with E-state index in [1.807, 2.05) is 0 Å². The van der Waals surface area contributed by atoms with Gasteiger partial charge in [0.15, 0.2) is 11.5 Å². The van der Waals surface area contributed by atoms with E-state index in [2.05, 4.69) is 26.7 Å². The van der Waals surface area contributed by atoms with Crippen LogP contribution in [0, 0.1) is 18.3 Å². The number of rotatable bonds is 4. The van der Waals surface area contributed by atoms with Crippen molar-refractivity contribution in [3.63, 3.8) is 0 Å². The molecule has 0 fully saturated rings. The molecule has 0 saturated carbocycles. The van der Waals surface area contributed by atoms with Gasteiger partial charge in [-0.1, -0.05) is 0 Å². The third-order valence-corrected chi connectivity index (χ3v) is 4.16. The molecule has 4 rings (SSSR count). The van der Waals surface area contributed by atoms with Gasteiger partial charge in [-0.15, -0.1) is 0 Å². The van der Waals surface area contributed by atoms with Crippen molar-refractivity contribution in [3.05, 3.63) is 65.6 Å². The minimum Gasteiger partial charge on any atom is -0.486 e. The van der Waals surface area contributed by atoms with Crippen LogP contribution in [0.4, 0.5) is 17.2 Å². The molecule has 8 nitrogen and oxygen atoms in total. The molecule has 0 bridgehead atoms. The number of hydrogen-bond acceptors (Lipinski definition) is 7. The van der Waals surface area contributed by atoms with Gasteiger partial charge in [-0.3, -0.25) is 4.79 Å². The van der Waals surface area contributed by atoms with E-state index in [9.17, 15) is 4.79 Å². The normalized spacial score (nSPS) is 12.0. The number of hydrogen-bond donors (Lipinski definition) is 2. The summed E-state index contributed by atoms with van der Waals surface area (Å²) in [5.74, 6) is 1.82. The van der Waals surface area contributed by atoms with Crippen molar-refractivity contribution in [3.8, 4) is 17.6 Å². The summed E-state index contributed by atoms with van der Waals surface area (Å²) in [5.41, 5.74) is 2.12. The van der Waals surface area contributed by atoms with E-state index in [0.717, 1.165) is 5.69 Å². The molecular weight excluding hydrogens is 370 g/mol. The van der Waals surface area contributed by atoms with Crippen molar-refractivity contribution >= 4 is 23.1 Å². The third-order valence-electron chi connectivity index (χ3n) is 4.16. The van der Waals surface area contributed by atoms with Crippen LogP contribution in [0.25, 0.3) is 0 Å². The number of aromatic nitrogens is 2. The second-order valence-electron chi connectivity index (χ2n) is 6.31. The number of carbonyl (C=O) groups excluding carboxylic acids is 1. The van der Waals surface area contributed by atoms with E-state index in [-0.39, 0.29) is 11.6 Å². The number of ether oxygens (including phenoxy) is 2. The highest BCUT2D eigenvalue weighted by Crippen LogP contribution is 2.32. The van der Waals surface area contributed by atoms with Crippen LogP contribution in [0.5, 0.6) is 11.5 Å². The molecule has 2 heterocycles. The first-order valence-corrected chi connectivity index (χ1v) is 8.94. The quantitative estimate of drug-likeness (QED) is 0.706. The van der Waals surface area contributed by atoms with E-state index in [1.54, 1.807) is 55.5 Å². The van der Waals surface area contributed by atoms with Gasteiger partial charge >= 0.3 is 0 Å². The molecule has 1 aromatic heterocycles. The molecule has 1 aliphatic heterocycles. The summed E-state index contributed by atoms with van der Waals surface area (Å²) < 4.78 is 11.0. The summed E-state index contributed by atoms with van der Waals surface area (Å²) in [6.07, 6.45) is 0. The van der Waals surface area contributed by atoms with Crippen LogP contribution >= 0.6 is 0 Å². The number of nitrogens with zero attached hydrogens (tertiary/aromatic N) is 3. The molecule has 1 amide bonds. The van der Waals surface area contributed by atoms with E-state index in [0.29, 0.717) is 47.6 Å². The van der Waals surface area contributed by atoms with Gasteiger partial charge in [-0.25, -0.2) is 9.97 Å². The van der Waals surface area contributed by atoms with Crippen LogP contribution in [0.3, 0.4) is 0 Å². The van der Waals surface area contributed by atoms with Crippen LogP contribution in [-0.4, -0.2) is 29.1 Å². The molecule has 0 unspecified atom stereocenters. The molecule has 3 aromatic rings. The van der Waals surface area contributed by atoms with Crippen LogP contribution in [0.15, 0.2) is 48.5 Å². The Bertz CT molecular complexity index is 1110. The smallest absolute Gasteiger partial charge is 0.274 e. The predicted octanol–water partition coefficient (Wildman–Crippen LogP) is 3.42. The number of anilines is 3. The molecule has 0 radical (unpaired) electrons. The fourth-order valence-corrected chi connectivity index (χ4v) is 2.84. The highest BCUT2D eigenvalue weighted by atomic mass is 16.6. The van der Waals surface area contributed by atoms with Crippen LogP contribution in [0.1, 0.15) is 21.9 Å². The fraction of sp³-hybridized carbons (Fsp3) is 0.143. The van der Waals surface area contributed by atoms with Gasteiger partial charge < -0.3 is 20.1 Å². The first kappa shape index (κ1) is 18.3. The highest BCUT2D eigenvalue weighted by Gasteiger charge is 2.15. The average Bonchev–Trinajstić information content (AvgIpc) is 2.74. The Balaban J connectivity index is 1.52. The zero-order valence-electron chi connectivity index (χ0n) is 15.6. The Morgan fingerprint density at radius 3 is 2.48 bits per heavy atom.